The van der Waals surface area contributed by atoms with Gasteiger partial charge in [-0.15, -0.1) is 0 Å². The second-order valence-electron chi connectivity index (χ2n) is 10.7. The highest BCUT2D eigenvalue weighted by Gasteiger charge is 2.48. The maximum Gasteiger partial charge on any atom is 0.249 e. The number of imidazole rings is 1. The number of fused-ring (bicyclic) bond motifs is 1. The largest absolute Gasteiger partial charge is 0.404 e. The predicted molar refractivity (Wildman–Crippen MR) is 148 cm³/mol. The van der Waals surface area contributed by atoms with Crippen molar-refractivity contribution in [3.63, 3.8) is 0 Å². The quantitative estimate of drug-likeness (QED) is 0.414. The van der Waals surface area contributed by atoms with Crippen LogP contribution in [0.5, 0.6) is 0 Å². The summed E-state index contributed by atoms with van der Waals surface area (Å²) < 4.78 is 39.5. The van der Waals surface area contributed by atoms with Crippen molar-refractivity contribution in [2.24, 2.45) is 10.7 Å². The van der Waals surface area contributed by atoms with Gasteiger partial charge in [0.1, 0.15) is 5.65 Å². The molecule has 9 nitrogen and oxygen atoms in total. The van der Waals surface area contributed by atoms with Crippen molar-refractivity contribution in [3.8, 4) is 0 Å². The lowest BCUT2D eigenvalue weighted by molar-refractivity contribution is -0.0925. The van der Waals surface area contributed by atoms with Crippen molar-refractivity contribution in [1.29, 1.82) is 0 Å². The number of hydrogen-bond donors (Lipinski definition) is 1. The van der Waals surface area contributed by atoms with Crippen molar-refractivity contribution >= 4 is 23.0 Å². The molecule has 210 valence electrons. The van der Waals surface area contributed by atoms with Gasteiger partial charge in [0.15, 0.2) is 5.82 Å². The van der Waals surface area contributed by atoms with Crippen LogP contribution >= 0.6 is 0 Å². The topological polar surface area (TPSA) is 107 Å². The monoisotopic (exact) mass is 549 g/mol. The molecule has 3 aromatic rings. The van der Waals surface area contributed by atoms with Gasteiger partial charge in [0.25, 0.3) is 0 Å². The molecule has 0 bridgehead atoms. The Morgan fingerprint density at radius 2 is 2.08 bits per heavy atom. The molecule has 0 amide bonds. The van der Waals surface area contributed by atoms with Crippen LogP contribution in [0.4, 0.5) is 8.78 Å². The Balaban J connectivity index is 1.21. The fourth-order valence-electron chi connectivity index (χ4n) is 5.43. The highest BCUT2D eigenvalue weighted by molar-refractivity contribution is 6.09. The number of morpholine rings is 1. The van der Waals surface area contributed by atoms with Crippen molar-refractivity contribution in [1.82, 2.24) is 24.4 Å². The number of alkyl halides is 2. The van der Waals surface area contributed by atoms with Crippen LogP contribution in [0.3, 0.4) is 0 Å². The Morgan fingerprint density at radius 1 is 1.25 bits per heavy atom. The average Bonchev–Trinajstić information content (AvgIpc) is 3.60. The molecule has 40 heavy (non-hydrogen) atoms. The summed E-state index contributed by atoms with van der Waals surface area (Å²) in [4.78, 5) is 16.1. The van der Waals surface area contributed by atoms with Gasteiger partial charge in [-0.3, -0.25) is 14.3 Å². The van der Waals surface area contributed by atoms with E-state index in [-0.39, 0.29) is 24.7 Å². The van der Waals surface area contributed by atoms with Gasteiger partial charge in [-0.05, 0) is 36.6 Å². The third kappa shape index (κ3) is 5.48. The van der Waals surface area contributed by atoms with Gasteiger partial charge in [-0.25, -0.2) is 13.8 Å². The molecule has 3 aromatic heterocycles. The van der Waals surface area contributed by atoms with Crippen LogP contribution in [-0.2, 0) is 4.74 Å². The molecule has 3 aliphatic rings. The minimum absolute atomic E-state index is 0.122. The van der Waals surface area contributed by atoms with Crippen LogP contribution in [-0.4, -0.2) is 76.0 Å². The number of pyridine rings is 1. The van der Waals surface area contributed by atoms with E-state index in [1.54, 1.807) is 6.20 Å². The molecular weight excluding hydrogens is 516 g/mol. The van der Waals surface area contributed by atoms with Gasteiger partial charge in [-0.2, -0.15) is 4.98 Å². The number of rotatable bonds is 8. The van der Waals surface area contributed by atoms with Crippen LogP contribution in [0.2, 0.25) is 0 Å². The molecule has 2 N–H and O–H groups in total. The maximum absolute atomic E-state index is 13.3. The fraction of sp³-hybridized carbons (Fsp3) is 0.448. The van der Waals surface area contributed by atoms with Crippen molar-refractivity contribution in [2.75, 3.05) is 39.4 Å². The summed E-state index contributed by atoms with van der Waals surface area (Å²) in [6.07, 6.45) is 11.8. The molecular formula is C29H33F2N7O2. The number of hydrogen-bond acceptors (Lipinski definition) is 8. The molecule has 6 rings (SSSR count). The Morgan fingerprint density at radius 3 is 2.85 bits per heavy atom. The van der Waals surface area contributed by atoms with Crippen LogP contribution < -0.4 is 5.73 Å². The molecule has 4 heterocycles. The molecule has 0 radical (unpaired) electrons. The molecule has 1 aliphatic heterocycles. The average molecular weight is 550 g/mol. The van der Waals surface area contributed by atoms with Crippen molar-refractivity contribution in [3.05, 3.63) is 71.4 Å². The van der Waals surface area contributed by atoms with E-state index in [4.69, 9.17) is 15.0 Å². The predicted octanol–water partition coefficient (Wildman–Crippen LogP) is 4.45. The molecule has 2 fully saturated rings. The van der Waals surface area contributed by atoms with Crippen LogP contribution in [0, 0.1) is 0 Å². The molecule has 1 saturated carbocycles. The zero-order valence-electron chi connectivity index (χ0n) is 22.5. The second kappa shape index (κ2) is 11.1. The van der Waals surface area contributed by atoms with Gasteiger partial charge in [0.2, 0.25) is 11.8 Å². The van der Waals surface area contributed by atoms with E-state index in [9.17, 15) is 8.78 Å². The first-order valence-corrected chi connectivity index (χ1v) is 13.7. The third-order valence-corrected chi connectivity index (χ3v) is 7.87. The Labute approximate surface area is 231 Å². The molecule has 0 aromatic carbocycles. The van der Waals surface area contributed by atoms with E-state index in [0.29, 0.717) is 24.7 Å². The number of allylic oxidation sites excluding steroid dienone is 5. The normalized spacial score (nSPS) is 22.5. The van der Waals surface area contributed by atoms with Gasteiger partial charge >= 0.3 is 0 Å². The highest BCUT2D eigenvalue weighted by atomic mass is 19.3. The first-order valence-electron chi connectivity index (χ1n) is 13.7. The molecule has 1 atom stereocenters. The van der Waals surface area contributed by atoms with Crippen LogP contribution in [0.15, 0.2) is 58.0 Å². The molecule has 0 spiro atoms. The lowest BCUT2D eigenvalue weighted by atomic mass is 9.81. The van der Waals surface area contributed by atoms with Gasteiger partial charge in [-0.1, -0.05) is 17.3 Å². The summed E-state index contributed by atoms with van der Waals surface area (Å²) in [6.45, 7) is 7.06. The summed E-state index contributed by atoms with van der Waals surface area (Å²) in [5, 5.41) is 4.13. The van der Waals surface area contributed by atoms with Crippen LogP contribution in [0.25, 0.3) is 16.8 Å². The number of nitrogens with two attached hydrogens (primary N) is 1. The first-order chi connectivity index (χ1) is 19.4. The number of aliphatic imine (C=N–C) groups is 1. The summed E-state index contributed by atoms with van der Waals surface area (Å²) in [5.41, 5.74) is 11.6. The lowest BCUT2D eigenvalue weighted by Crippen LogP contribution is -2.37. The number of aromatic nitrogens is 4. The molecule has 11 heteroatoms. The number of nitrogens with zero attached hydrogens (tertiary/aromatic N) is 6. The SMILES string of the molecule is CC1=CCC(c2noc(C3CC(F)(F)C3)n2)C=C1c1cnc2ccc(C(C=NCCN3CCOCC3)=CN)cn12. The van der Waals surface area contributed by atoms with E-state index < -0.39 is 5.92 Å². The lowest BCUT2D eigenvalue weighted by Gasteiger charge is -2.32. The zero-order chi connectivity index (χ0) is 27.7. The van der Waals surface area contributed by atoms with E-state index in [1.807, 2.05) is 35.1 Å². The summed E-state index contributed by atoms with van der Waals surface area (Å²) in [6, 6.07) is 3.95. The van der Waals surface area contributed by atoms with Gasteiger partial charge in [0, 0.05) is 74.1 Å². The Bertz CT molecular complexity index is 1490. The Kier molecular flexibility index (Phi) is 7.33. The van der Waals surface area contributed by atoms with E-state index in [2.05, 4.69) is 44.1 Å². The van der Waals surface area contributed by atoms with E-state index in [0.717, 1.165) is 66.5 Å². The molecule has 1 unspecified atom stereocenters. The maximum atomic E-state index is 13.3. The summed E-state index contributed by atoms with van der Waals surface area (Å²) >= 11 is 0. The molecule has 2 aliphatic carbocycles. The first kappa shape index (κ1) is 26.5. The van der Waals surface area contributed by atoms with Crippen molar-refractivity contribution < 1.29 is 18.0 Å². The standard InChI is InChI=1S/C29H33F2N7O2/c1-19-2-3-20(27-35-28(40-36-27)22-13-29(30,31)14-22)12-24(19)25-17-34-26-5-4-21(18-38(25)26)23(15-32)16-33-6-7-37-8-10-39-11-9-37/h2,4-5,12,15-18,20,22H,3,6-11,13-14,32H2,1H3. The smallest absolute Gasteiger partial charge is 0.249 e. The van der Waals surface area contributed by atoms with Crippen LogP contribution in [0.1, 0.15) is 61.0 Å². The minimum Gasteiger partial charge on any atom is -0.404 e. The van der Waals surface area contributed by atoms with Gasteiger partial charge < -0.3 is 15.0 Å². The minimum atomic E-state index is -2.63. The second-order valence-corrected chi connectivity index (χ2v) is 10.7. The highest BCUT2D eigenvalue weighted by Crippen LogP contribution is 2.48. The zero-order valence-corrected chi connectivity index (χ0v) is 22.5. The number of ether oxygens (including phenoxy) is 1. The van der Waals surface area contributed by atoms with E-state index >= 15 is 0 Å². The fourth-order valence-corrected chi connectivity index (χ4v) is 5.43. The third-order valence-electron chi connectivity index (χ3n) is 7.87. The number of halogens is 2. The van der Waals surface area contributed by atoms with Gasteiger partial charge in [0.05, 0.1) is 31.6 Å². The van der Waals surface area contributed by atoms with Crippen molar-refractivity contribution in [2.45, 2.75) is 43.9 Å². The summed E-state index contributed by atoms with van der Waals surface area (Å²) in [5.74, 6) is -2.31. The summed E-state index contributed by atoms with van der Waals surface area (Å²) in [7, 11) is 0. The Hall–Kier alpha value is -3.70. The van der Waals surface area contributed by atoms with E-state index in [1.165, 1.54) is 0 Å². The molecule has 1 saturated heterocycles.